The minimum Gasteiger partial charge on any atom is -0.294 e. The van der Waals surface area contributed by atoms with Crippen LogP contribution >= 0.6 is 0 Å². The molecule has 3 nitrogen and oxygen atoms in total. The Hall–Kier alpha value is -2.03. The van der Waals surface area contributed by atoms with Gasteiger partial charge in [0.05, 0.1) is 6.42 Å². The lowest BCUT2D eigenvalue weighted by atomic mass is 9.90. The van der Waals surface area contributed by atoms with Crippen LogP contribution < -0.4 is 0 Å². The van der Waals surface area contributed by atoms with Gasteiger partial charge in [0.25, 0.3) is 0 Å². The molecular formula is C16H18N2O. The number of aryl methyl sites for hydroxylation is 2. The number of aromatic nitrogens is 2. The Bertz CT molecular complexity index is 592. The van der Waals surface area contributed by atoms with Crippen molar-refractivity contribution in [3.8, 4) is 0 Å². The lowest BCUT2D eigenvalue weighted by Crippen LogP contribution is -2.12. The zero-order valence-electron chi connectivity index (χ0n) is 11.8. The van der Waals surface area contributed by atoms with Crippen LogP contribution in [-0.2, 0) is 6.42 Å². The highest BCUT2D eigenvalue weighted by atomic mass is 16.1. The van der Waals surface area contributed by atoms with E-state index >= 15 is 0 Å². The Morgan fingerprint density at radius 1 is 1.00 bits per heavy atom. The first kappa shape index (κ1) is 13.4. The number of ketones is 1. The van der Waals surface area contributed by atoms with Gasteiger partial charge < -0.3 is 0 Å². The quantitative estimate of drug-likeness (QED) is 0.790. The number of carbonyl (C=O) groups is 1. The monoisotopic (exact) mass is 254 g/mol. The molecule has 0 bridgehead atoms. The standard InChI is InChI=1S/C16H18N2O/c1-10-8-11(2)13(4)16(12(10)3)14(19)9-15-17-6-5-7-18-15/h5-8H,9H2,1-4H3. The third-order valence-corrected chi connectivity index (χ3v) is 3.58. The van der Waals surface area contributed by atoms with E-state index in [2.05, 4.69) is 16.0 Å². The first-order valence-corrected chi connectivity index (χ1v) is 6.37. The fourth-order valence-corrected chi connectivity index (χ4v) is 2.29. The molecule has 2 aromatic rings. The maximum atomic E-state index is 12.5. The average Bonchev–Trinajstić information content (AvgIpc) is 2.38. The van der Waals surface area contributed by atoms with E-state index in [1.165, 1.54) is 0 Å². The second kappa shape index (κ2) is 5.31. The van der Waals surface area contributed by atoms with E-state index in [9.17, 15) is 4.79 Å². The highest BCUT2D eigenvalue weighted by Gasteiger charge is 2.16. The van der Waals surface area contributed by atoms with Crippen molar-refractivity contribution >= 4 is 5.78 Å². The lowest BCUT2D eigenvalue weighted by Gasteiger charge is -2.14. The second-order valence-electron chi connectivity index (χ2n) is 4.90. The van der Waals surface area contributed by atoms with E-state index in [1.807, 2.05) is 27.7 Å². The molecule has 0 aliphatic rings. The third-order valence-electron chi connectivity index (χ3n) is 3.58. The number of rotatable bonds is 3. The molecule has 3 heteroatoms. The van der Waals surface area contributed by atoms with Gasteiger partial charge in [-0.3, -0.25) is 4.79 Å². The van der Waals surface area contributed by atoms with Crippen LogP contribution in [0, 0.1) is 27.7 Å². The van der Waals surface area contributed by atoms with Gasteiger partial charge in [0.1, 0.15) is 5.82 Å². The molecule has 98 valence electrons. The number of carbonyl (C=O) groups excluding carboxylic acids is 1. The summed E-state index contributed by atoms with van der Waals surface area (Å²) in [6.45, 7) is 8.08. The minimum atomic E-state index is 0.0907. The summed E-state index contributed by atoms with van der Waals surface area (Å²) < 4.78 is 0. The van der Waals surface area contributed by atoms with Crippen molar-refractivity contribution in [2.24, 2.45) is 0 Å². The number of hydrogen-bond donors (Lipinski definition) is 0. The Labute approximate surface area is 113 Å². The maximum Gasteiger partial charge on any atom is 0.170 e. The van der Waals surface area contributed by atoms with Crippen LogP contribution in [0.15, 0.2) is 24.5 Å². The van der Waals surface area contributed by atoms with Gasteiger partial charge in [-0.1, -0.05) is 6.07 Å². The molecule has 1 aromatic carbocycles. The van der Waals surface area contributed by atoms with Gasteiger partial charge in [-0.2, -0.15) is 0 Å². The Kier molecular flexibility index (Phi) is 3.74. The lowest BCUT2D eigenvalue weighted by molar-refractivity contribution is 0.0989. The highest BCUT2D eigenvalue weighted by Crippen LogP contribution is 2.22. The van der Waals surface area contributed by atoms with Crippen molar-refractivity contribution in [3.05, 3.63) is 58.2 Å². The van der Waals surface area contributed by atoms with Gasteiger partial charge in [-0.25, -0.2) is 9.97 Å². The summed E-state index contributed by atoms with van der Waals surface area (Å²) in [5, 5.41) is 0. The van der Waals surface area contributed by atoms with E-state index in [1.54, 1.807) is 18.5 Å². The molecule has 0 radical (unpaired) electrons. The molecule has 0 aliphatic carbocycles. The molecule has 1 aromatic heterocycles. The normalized spacial score (nSPS) is 10.5. The molecule has 19 heavy (non-hydrogen) atoms. The largest absolute Gasteiger partial charge is 0.294 e. The summed E-state index contributed by atoms with van der Waals surface area (Å²) in [6.07, 6.45) is 3.58. The van der Waals surface area contributed by atoms with E-state index in [0.29, 0.717) is 5.82 Å². The number of Topliss-reactive ketones (excluding diaryl/α,β-unsaturated/α-hetero) is 1. The molecule has 0 fully saturated rings. The van der Waals surface area contributed by atoms with Crippen LogP contribution in [0.3, 0.4) is 0 Å². The van der Waals surface area contributed by atoms with Gasteiger partial charge in [-0.05, 0) is 56.0 Å². The summed E-state index contributed by atoms with van der Waals surface area (Å²) in [6, 6.07) is 3.88. The van der Waals surface area contributed by atoms with Crippen LogP contribution in [0.2, 0.25) is 0 Å². The number of benzene rings is 1. The molecule has 2 rings (SSSR count). The molecule has 0 spiro atoms. The molecule has 1 heterocycles. The van der Waals surface area contributed by atoms with Crippen molar-refractivity contribution in [2.75, 3.05) is 0 Å². The number of hydrogen-bond acceptors (Lipinski definition) is 3. The summed E-state index contributed by atoms with van der Waals surface area (Å²) in [7, 11) is 0. The summed E-state index contributed by atoms with van der Waals surface area (Å²) in [5.74, 6) is 0.665. The van der Waals surface area contributed by atoms with Crippen molar-refractivity contribution in [1.82, 2.24) is 9.97 Å². The predicted molar refractivity (Wildman–Crippen MR) is 75.5 cm³/mol. The van der Waals surface area contributed by atoms with Crippen LogP contribution in [0.25, 0.3) is 0 Å². The van der Waals surface area contributed by atoms with Gasteiger partial charge in [0.15, 0.2) is 5.78 Å². The molecule has 0 saturated carbocycles. The van der Waals surface area contributed by atoms with E-state index in [0.717, 1.165) is 27.8 Å². The fourth-order valence-electron chi connectivity index (χ4n) is 2.29. The van der Waals surface area contributed by atoms with Crippen molar-refractivity contribution < 1.29 is 4.79 Å². The molecule has 0 aliphatic heterocycles. The smallest absolute Gasteiger partial charge is 0.170 e. The zero-order chi connectivity index (χ0) is 14.0. The van der Waals surface area contributed by atoms with Gasteiger partial charge in [0, 0.05) is 18.0 Å². The Morgan fingerprint density at radius 2 is 1.53 bits per heavy atom. The van der Waals surface area contributed by atoms with Crippen molar-refractivity contribution in [2.45, 2.75) is 34.1 Å². The first-order chi connectivity index (χ1) is 9.00. The van der Waals surface area contributed by atoms with Crippen molar-refractivity contribution in [3.63, 3.8) is 0 Å². The summed E-state index contributed by atoms with van der Waals surface area (Å²) in [4.78, 5) is 20.7. The summed E-state index contributed by atoms with van der Waals surface area (Å²) >= 11 is 0. The van der Waals surface area contributed by atoms with Crippen LogP contribution in [0.4, 0.5) is 0 Å². The third kappa shape index (κ3) is 2.70. The van der Waals surface area contributed by atoms with Crippen LogP contribution in [0.1, 0.15) is 38.4 Å². The minimum absolute atomic E-state index is 0.0907. The maximum absolute atomic E-state index is 12.5. The van der Waals surface area contributed by atoms with Crippen LogP contribution in [0.5, 0.6) is 0 Å². The topological polar surface area (TPSA) is 42.9 Å². The summed E-state index contributed by atoms with van der Waals surface area (Å²) in [5.41, 5.74) is 5.25. The molecule has 0 saturated heterocycles. The Morgan fingerprint density at radius 3 is 2.05 bits per heavy atom. The molecule has 0 N–H and O–H groups in total. The van der Waals surface area contributed by atoms with Gasteiger partial charge >= 0.3 is 0 Å². The van der Waals surface area contributed by atoms with E-state index in [4.69, 9.17) is 0 Å². The average molecular weight is 254 g/mol. The Balaban J connectivity index is 2.40. The molecular weight excluding hydrogens is 236 g/mol. The van der Waals surface area contributed by atoms with Gasteiger partial charge in [0.2, 0.25) is 0 Å². The van der Waals surface area contributed by atoms with Crippen LogP contribution in [-0.4, -0.2) is 15.8 Å². The molecule has 0 unspecified atom stereocenters. The molecule has 0 atom stereocenters. The van der Waals surface area contributed by atoms with E-state index in [-0.39, 0.29) is 12.2 Å². The van der Waals surface area contributed by atoms with E-state index < -0.39 is 0 Å². The zero-order valence-corrected chi connectivity index (χ0v) is 11.8. The fraction of sp³-hybridized carbons (Fsp3) is 0.312. The predicted octanol–water partition coefficient (Wildman–Crippen LogP) is 3.14. The second-order valence-corrected chi connectivity index (χ2v) is 4.90. The highest BCUT2D eigenvalue weighted by molar-refractivity contribution is 6.00. The SMILES string of the molecule is Cc1cc(C)c(C)c(C(=O)Cc2ncccn2)c1C. The molecule has 0 amide bonds. The van der Waals surface area contributed by atoms with Gasteiger partial charge in [-0.15, -0.1) is 0 Å². The van der Waals surface area contributed by atoms with Crippen molar-refractivity contribution in [1.29, 1.82) is 0 Å². The number of nitrogens with zero attached hydrogens (tertiary/aromatic N) is 2. The first-order valence-electron chi connectivity index (χ1n) is 6.37.